The minimum absolute atomic E-state index is 0.0318. The predicted octanol–water partition coefficient (Wildman–Crippen LogP) is 4.88. The summed E-state index contributed by atoms with van der Waals surface area (Å²) in [6.07, 6.45) is -2.05. The number of aryl methyl sites for hydroxylation is 1. The molecule has 36 heavy (non-hydrogen) atoms. The lowest BCUT2D eigenvalue weighted by atomic mass is 10.1. The fraction of sp³-hybridized carbons (Fsp3) is 0.375. The van der Waals surface area contributed by atoms with Crippen LogP contribution in [0.25, 0.3) is 0 Å². The molecular formula is C24H23F5N4O3. The van der Waals surface area contributed by atoms with Crippen molar-refractivity contribution in [2.24, 2.45) is 0 Å². The summed E-state index contributed by atoms with van der Waals surface area (Å²) in [4.78, 5) is 18.2. The smallest absolute Gasteiger partial charge is 0.433 e. The van der Waals surface area contributed by atoms with Gasteiger partial charge in [-0.1, -0.05) is 6.07 Å². The van der Waals surface area contributed by atoms with E-state index in [1.54, 1.807) is 11.0 Å². The lowest BCUT2D eigenvalue weighted by Gasteiger charge is -2.32. The zero-order chi connectivity index (χ0) is 25.9. The van der Waals surface area contributed by atoms with Crippen LogP contribution in [0.3, 0.4) is 0 Å². The quantitative estimate of drug-likeness (QED) is 0.424. The van der Waals surface area contributed by atoms with Crippen molar-refractivity contribution in [2.75, 3.05) is 13.1 Å². The number of aromatic nitrogens is 3. The van der Waals surface area contributed by atoms with Crippen molar-refractivity contribution >= 4 is 5.91 Å². The molecule has 12 heteroatoms. The SMILES string of the molecule is Cc1cc(C(F)(F)F)nn1CC(=O)N1CCC(OCc2ccc(Oc3c(F)cccc3F)nc2)CC1. The first kappa shape index (κ1) is 25.5. The van der Waals surface area contributed by atoms with Crippen LogP contribution in [-0.2, 0) is 28.9 Å². The fourth-order valence-electron chi connectivity index (χ4n) is 3.76. The number of carbonyl (C=O) groups excluding carboxylic acids is 1. The summed E-state index contributed by atoms with van der Waals surface area (Å²) in [5.41, 5.74) is -0.0316. The summed E-state index contributed by atoms with van der Waals surface area (Å²) in [6.45, 7) is 2.28. The van der Waals surface area contributed by atoms with E-state index in [-0.39, 0.29) is 36.7 Å². The Bertz CT molecular complexity index is 1190. The Morgan fingerprint density at radius 1 is 1.11 bits per heavy atom. The summed E-state index contributed by atoms with van der Waals surface area (Å²) < 4.78 is 78.0. The maximum absolute atomic E-state index is 13.7. The van der Waals surface area contributed by atoms with Gasteiger partial charge in [0.15, 0.2) is 17.3 Å². The highest BCUT2D eigenvalue weighted by Gasteiger charge is 2.35. The highest BCUT2D eigenvalue weighted by atomic mass is 19.4. The van der Waals surface area contributed by atoms with Crippen molar-refractivity contribution in [1.82, 2.24) is 19.7 Å². The monoisotopic (exact) mass is 510 g/mol. The number of carbonyl (C=O) groups is 1. The maximum Gasteiger partial charge on any atom is 0.435 e. The van der Waals surface area contributed by atoms with Gasteiger partial charge >= 0.3 is 6.18 Å². The van der Waals surface area contributed by atoms with E-state index in [0.717, 1.165) is 28.4 Å². The van der Waals surface area contributed by atoms with Gasteiger partial charge in [-0.3, -0.25) is 9.48 Å². The molecule has 0 N–H and O–H groups in total. The molecule has 3 aromatic rings. The first-order chi connectivity index (χ1) is 17.1. The lowest BCUT2D eigenvalue weighted by molar-refractivity contribution is -0.142. The van der Waals surface area contributed by atoms with E-state index in [2.05, 4.69) is 10.1 Å². The Hall–Kier alpha value is -3.54. The average Bonchev–Trinajstić information content (AvgIpc) is 3.22. The third kappa shape index (κ3) is 6.17. The second-order valence-corrected chi connectivity index (χ2v) is 8.38. The summed E-state index contributed by atoms with van der Waals surface area (Å²) in [5, 5.41) is 3.50. The molecule has 0 atom stereocenters. The normalized spacial score (nSPS) is 14.8. The topological polar surface area (TPSA) is 69.5 Å². The third-order valence-electron chi connectivity index (χ3n) is 5.76. The van der Waals surface area contributed by atoms with Crippen LogP contribution in [-0.4, -0.2) is 44.8 Å². The second-order valence-electron chi connectivity index (χ2n) is 8.38. The molecule has 7 nitrogen and oxygen atoms in total. The van der Waals surface area contributed by atoms with Gasteiger partial charge in [0.05, 0.1) is 12.7 Å². The first-order valence-electron chi connectivity index (χ1n) is 11.2. The van der Waals surface area contributed by atoms with Crippen LogP contribution in [0.15, 0.2) is 42.6 Å². The van der Waals surface area contributed by atoms with Crippen LogP contribution in [0.1, 0.15) is 29.8 Å². The van der Waals surface area contributed by atoms with Gasteiger partial charge in [-0.2, -0.15) is 18.3 Å². The predicted molar refractivity (Wildman–Crippen MR) is 117 cm³/mol. The molecule has 0 aliphatic carbocycles. The van der Waals surface area contributed by atoms with Gasteiger partial charge in [0.2, 0.25) is 17.5 Å². The number of rotatable bonds is 7. The van der Waals surface area contributed by atoms with Crippen molar-refractivity contribution < 1.29 is 36.2 Å². The number of ether oxygens (including phenoxy) is 2. The maximum atomic E-state index is 13.7. The number of benzene rings is 1. The molecule has 1 aliphatic heterocycles. The van der Waals surface area contributed by atoms with Gasteiger partial charge in [0.25, 0.3) is 0 Å². The van der Waals surface area contributed by atoms with E-state index in [0.29, 0.717) is 25.9 Å². The average molecular weight is 510 g/mol. The van der Waals surface area contributed by atoms with Gasteiger partial charge < -0.3 is 14.4 Å². The van der Waals surface area contributed by atoms with Crippen LogP contribution in [0, 0.1) is 18.6 Å². The zero-order valence-corrected chi connectivity index (χ0v) is 19.3. The van der Waals surface area contributed by atoms with Crippen molar-refractivity contribution in [1.29, 1.82) is 0 Å². The van der Waals surface area contributed by atoms with Crippen LogP contribution in [0.2, 0.25) is 0 Å². The Labute approximate surface area is 203 Å². The number of likely N-dealkylation sites (tertiary alicyclic amines) is 1. The Kier molecular flexibility index (Phi) is 7.53. The Balaban J connectivity index is 1.23. The van der Waals surface area contributed by atoms with Gasteiger partial charge in [0, 0.05) is 31.0 Å². The fourth-order valence-corrected chi connectivity index (χ4v) is 3.76. The number of pyridine rings is 1. The number of alkyl halides is 3. The molecule has 1 saturated heterocycles. The van der Waals surface area contributed by atoms with Crippen LogP contribution >= 0.6 is 0 Å². The number of nitrogens with zero attached hydrogens (tertiary/aromatic N) is 4. The molecule has 0 unspecified atom stereocenters. The summed E-state index contributed by atoms with van der Waals surface area (Å²) in [5.74, 6) is -2.47. The molecule has 4 rings (SSSR count). The number of piperidine rings is 1. The number of para-hydroxylation sites is 1. The van der Waals surface area contributed by atoms with Crippen LogP contribution in [0.4, 0.5) is 22.0 Å². The largest absolute Gasteiger partial charge is 0.435 e. The first-order valence-corrected chi connectivity index (χ1v) is 11.2. The van der Waals surface area contributed by atoms with E-state index in [9.17, 15) is 26.7 Å². The van der Waals surface area contributed by atoms with Crippen LogP contribution in [0.5, 0.6) is 11.6 Å². The third-order valence-corrected chi connectivity index (χ3v) is 5.76. The summed E-state index contributed by atoms with van der Waals surface area (Å²) in [6, 6.07) is 7.47. The van der Waals surface area contributed by atoms with Crippen molar-refractivity contribution in [2.45, 2.75) is 45.2 Å². The zero-order valence-electron chi connectivity index (χ0n) is 19.3. The van der Waals surface area contributed by atoms with Gasteiger partial charge in [-0.15, -0.1) is 0 Å². The molecule has 0 spiro atoms. The van der Waals surface area contributed by atoms with E-state index >= 15 is 0 Å². The highest BCUT2D eigenvalue weighted by Crippen LogP contribution is 2.29. The van der Waals surface area contributed by atoms with Gasteiger partial charge in [-0.05, 0) is 49.6 Å². The molecule has 1 amide bonds. The minimum atomic E-state index is -4.56. The molecule has 1 fully saturated rings. The van der Waals surface area contributed by atoms with E-state index in [1.165, 1.54) is 25.3 Å². The van der Waals surface area contributed by atoms with E-state index in [4.69, 9.17) is 9.47 Å². The molecular weight excluding hydrogens is 487 g/mol. The molecule has 3 heterocycles. The molecule has 1 aliphatic rings. The van der Waals surface area contributed by atoms with Crippen molar-refractivity contribution in [3.05, 3.63) is 71.2 Å². The lowest BCUT2D eigenvalue weighted by Crippen LogP contribution is -2.42. The number of amides is 1. The van der Waals surface area contributed by atoms with Gasteiger partial charge in [-0.25, -0.2) is 13.8 Å². The number of hydrogen-bond acceptors (Lipinski definition) is 5. The van der Waals surface area contributed by atoms with Crippen molar-refractivity contribution in [3.8, 4) is 11.6 Å². The van der Waals surface area contributed by atoms with Crippen molar-refractivity contribution in [3.63, 3.8) is 0 Å². The van der Waals surface area contributed by atoms with Gasteiger partial charge in [0.1, 0.15) is 6.54 Å². The van der Waals surface area contributed by atoms with E-state index < -0.39 is 29.3 Å². The minimum Gasteiger partial charge on any atom is -0.433 e. The second kappa shape index (κ2) is 10.6. The highest BCUT2D eigenvalue weighted by molar-refractivity contribution is 5.76. The Morgan fingerprint density at radius 3 is 2.39 bits per heavy atom. The molecule has 2 aromatic heterocycles. The summed E-state index contributed by atoms with van der Waals surface area (Å²) >= 11 is 0. The molecule has 0 radical (unpaired) electrons. The molecule has 192 valence electrons. The molecule has 0 saturated carbocycles. The standard InChI is InChI=1S/C24H23F5N4O3/c1-15-11-20(24(27,28)29)31-33(15)13-22(34)32-9-7-17(8-10-32)35-14-16-5-6-21(30-12-16)36-23-18(25)3-2-4-19(23)26/h2-6,11-12,17H,7-10,13-14H2,1H3. The molecule has 1 aromatic carbocycles. The summed E-state index contributed by atoms with van der Waals surface area (Å²) in [7, 11) is 0. The van der Waals surface area contributed by atoms with E-state index in [1.807, 2.05) is 0 Å². The molecule has 0 bridgehead atoms. The van der Waals surface area contributed by atoms with Crippen LogP contribution < -0.4 is 4.74 Å². The number of hydrogen-bond donors (Lipinski definition) is 0. The Morgan fingerprint density at radius 2 is 1.81 bits per heavy atom. The number of halogens is 5.